The van der Waals surface area contributed by atoms with Crippen molar-refractivity contribution in [3.63, 3.8) is 0 Å². The van der Waals surface area contributed by atoms with Gasteiger partial charge in [0.15, 0.2) is 0 Å². The molecule has 0 spiro atoms. The number of benzene rings is 2. The summed E-state index contributed by atoms with van der Waals surface area (Å²) in [6.07, 6.45) is 3.96. The number of hydrogen-bond acceptors (Lipinski definition) is 5. The third kappa shape index (κ3) is 4.71. The Labute approximate surface area is 188 Å². The van der Waals surface area contributed by atoms with E-state index in [9.17, 15) is 18.0 Å². The highest BCUT2D eigenvalue weighted by Gasteiger charge is 2.32. The second-order valence-corrected chi connectivity index (χ2v) is 10.2. The first-order valence-corrected chi connectivity index (χ1v) is 12.5. The maximum Gasteiger partial charge on any atom is 0.338 e. The van der Waals surface area contributed by atoms with Crippen molar-refractivity contribution in [2.45, 2.75) is 43.9 Å². The smallest absolute Gasteiger partial charge is 0.338 e. The number of amides is 1. The highest BCUT2D eigenvalue weighted by Crippen LogP contribution is 2.29. The van der Waals surface area contributed by atoms with Crippen LogP contribution in [-0.2, 0) is 32.4 Å². The van der Waals surface area contributed by atoms with Crippen LogP contribution in [-0.4, -0.2) is 44.3 Å². The minimum Gasteiger partial charge on any atom is -0.462 e. The van der Waals surface area contributed by atoms with Crippen molar-refractivity contribution in [2.24, 2.45) is 5.92 Å². The Balaban J connectivity index is 1.34. The van der Waals surface area contributed by atoms with Gasteiger partial charge >= 0.3 is 5.97 Å². The number of ether oxygens (including phenoxy) is 1. The van der Waals surface area contributed by atoms with Crippen LogP contribution in [0.1, 0.15) is 47.7 Å². The molecular weight excluding hydrogens is 428 g/mol. The number of sulfonamides is 1. The summed E-state index contributed by atoms with van der Waals surface area (Å²) in [6, 6.07) is 12.0. The molecule has 4 rings (SSSR count). The van der Waals surface area contributed by atoms with E-state index in [0.717, 1.165) is 24.8 Å². The third-order valence-corrected chi connectivity index (χ3v) is 8.09. The summed E-state index contributed by atoms with van der Waals surface area (Å²) < 4.78 is 32.6. The lowest BCUT2D eigenvalue weighted by Crippen LogP contribution is -2.41. The first kappa shape index (κ1) is 22.5. The van der Waals surface area contributed by atoms with Crippen LogP contribution in [0.15, 0.2) is 47.4 Å². The van der Waals surface area contributed by atoms with E-state index in [2.05, 4.69) is 5.32 Å². The number of carbonyl (C=O) groups excluding carboxylic acids is 2. The molecule has 2 aromatic carbocycles. The minimum atomic E-state index is -3.55. The Morgan fingerprint density at radius 2 is 1.72 bits per heavy atom. The summed E-state index contributed by atoms with van der Waals surface area (Å²) in [4.78, 5) is 24.8. The predicted molar refractivity (Wildman–Crippen MR) is 121 cm³/mol. The quantitative estimate of drug-likeness (QED) is 0.673. The van der Waals surface area contributed by atoms with Crippen molar-refractivity contribution in [3.8, 4) is 0 Å². The second-order valence-electron chi connectivity index (χ2n) is 8.25. The number of fused-ring (bicyclic) bond motifs is 1. The van der Waals surface area contributed by atoms with E-state index in [-0.39, 0.29) is 11.8 Å². The van der Waals surface area contributed by atoms with Crippen LogP contribution < -0.4 is 5.32 Å². The van der Waals surface area contributed by atoms with Crippen LogP contribution in [0.4, 0.5) is 5.69 Å². The van der Waals surface area contributed by atoms with Gasteiger partial charge < -0.3 is 10.1 Å². The summed E-state index contributed by atoms with van der Waals surface area (Å²) in [6.45, 7) is 2.69. The molecule has 7 nitrogen and oxygen atoms in total. The standard InChI is InChI=1S/C24H28N2O5S/c1-2-31-24(28)19-6-9-21(10-7-19)25-23(27)18-12-14-26(15-13-18)32(29,30)22-11-8-17-4-3-5-20(17)16-22/h6-11,16,18H,2-5,12-15H2,1H3,(H,25,27). The number of nitrogens with zero attached hydrogens (tertiary/aromatic N) is 1. The summed E-state index contributed by atoms with van der Waals surface area (Å²) in [5.41, 5.74) is 3.40. The summed E-state index contributed by atoms with van der Waals surface area (Å²) in [5, 5.41) is 2.86. The number of rotatable bonds is 6. The molecule has 1 aliphatic heterocycles. The van der Waals surface area contributed by atoms with Gasteiger partial charge in [-0.05, 0) is 86.6 Å². The second kappa shape index (κ2) is 9.42. The molecule has 1 saturated heterocycles. The molecule has 32 heavy (non-hydrogen) atoms. The molecule has 1 heterocycles. The van der Waals surface area contributed by atoms with Crippen molar-refractivity contribution in [2.75, 3.05) is 25.0 Å². The van der Waals surface area contributed by atoms with Gasteiger partial charge in [0.05, 0.1) is 17.1 Å². The van der Waals surface area contributed by atoms with Crippen LogP contribution in [0.25, 0.3) is 0 Å². The number of piperidine rings is 1. The van der Waals surface area contributed by atoms with E-state index >= 15 is 0 Å². The van der Waals surface area contributed by atoms with Crippen LogP contribution >= 0.6 is 0 Å². The van der Waals surface area contributed by atoms with Crippen molar-refractivity contribution >= 4 is 27.6 Å². The number of anilines is 1. The van der Waals surface area contributed by atoms with Crippen LogP contribution in [0.5, 0.6) is 0 Å². The first-order chi connectivity index (χ1) is 15.4. The van der Waals surface area contributed by atoms with Gasteiger partial charge in [-0.15, -0.1) is 0 Å². The maximum atomic E-state index is 13.1. The van der Waals surface area contributed by atoms with Crippen LogP contribution in [0.2, 0.25) is 0 Å². The molecule has 0 saturated carbocycles. The third-order valence-electron chi connectivity index (χ3n) is 6.20. The van der Waals surface area contributed by atoms with Gasteiger partial charge in [-0.1, -0.05) is 6.07 Å². The SMILES string of the molecule is CCOC(=O)c1ccc(NC(=O)C2CCN(S(=O)(=O)c3ccc4c(c3)CCC4)CC2)cc1. The number of esters is 1. The fraction of sp³-hybridized carbons (Fsp3) is 0.417. The topological polar surface area (TPSA) is 92.8 Å². The summed E-state index contributed by atoms with van der Waals surface area (Å²) in [5.74, 6) is -0.794. The van der Waals surface area contributed by atoms with Crippen LogP contribution in [0.3, 0.4) is 0 Å². The van der Waals surface area contributed by atoms with E-state index in [1.165, 1.54) is 9.87 Å². The van der Waals surface area contributed by atoms with E-state index in [1.807, 2.05) is 12.1 Å². The lowest BCUT2D eigenvalue weighted by atomic mass is 9.97. The molecule has 1 N–H and O–H groups in total. The van der Waals surface area contributed by atoms with E-state index in [0.29, 0.717) is 48.7 Å². The molecule has 1 amide bonds. The van der Waals surface area contributed by atoms with Gasteiger partial charge in [-0.25, -0.2) is 13.2 Å². The molecule has 0 unspecified atom stereocenters. The Kier molecular flexibility index (Phi) is 6.62. The predicted octanol–water partition coefficient (Wildman–Crippen LogP) is 3.39. The lowest BCUT2D eigenvalue weighted by molar-refractivity contribution is -0.120. The molecular formula is C24H28N2O5S. The molecule has 170 valence electrons. The van der Waals surface area contributed by atoms with Crippen molar-refractivity contribution < 1.29 is 22.7 Å². The number of nitrogens with one attached hydrogen (secondary N) is 1. The normalized spacial score (nSPS) is 17.0. The molecule has 0 radical (unpaired) electrons. The molecule has 1 fully saturated rings. The first-order valence-electron chi connectivity index (χ1n) is 11.1. The number of carbonyl (C=O) groups is 2. The molecule has 2 aliphatic rings. The van der Waals surface area contributed by atoms with E-state index in [4.69, 9.17) is 4.74 Å². The van der Waals surface area contributed by atoms with Crippen molar-refractivity contribution in [3.05, 3.63) is 59.2 Å². The molecule has 1 aliphatic carbocycles. The van der Waals surface area contributed by atoms with Gasteiger partial charge in [-0.3, -0.25) is 4.79 Å². The zero-order valence-electron chi connectivity index (χ0n) is 18.2. The molecule has 0 aromatic heterocycles. The largest absolute Gasteiger partial charge is 0.462 e. The zero-order chi connectivity index (χ0) is 22.7. The molecule has 2 aromatic rings. The fourth-order valence-electron chi connectivity index (χ4n) is 4.36. The van der Waals surface area contributed by atoms with Crippen molar-refractivity contribution in [1.29, 1.82) is 0 Å². The van der Waals surface area contributed by atoms with Gasteiger partial charge in [0.1, 0.15) is 0 Å². The minimum absolute atomic E-state index is 0.136. The highest BCUT2D eigenvalue weighted by atomic mass is 32.2. The van der Waals surface area contributed by atoms with E-state index < -0.39 is 16.0 Å². The monoisotopic (exact) mass is 456 g/mol. The average Bonchev–Trinajstić information content (AvgIpc) is 3.28. The molecule has 0 atom stereocenters. The Hall–Kier alpha value is -2.71. The van der Waals surface area contributed by atoms with Gasteiger partial charge in [0, 0.05) is 24.7 Å². The lowest BCUT2D eigenvalue weighted by Gasteiger charge is -2.30. The van der Waals surface area contributed by atoms with Gasteiger partial charge in [0.2, 0.25) is 15.9 Å². The van der Waals surface area contributed by atoms with Gasteiger partial charge in [0.25, 0.3) is 0 Å². The summed E-state index contributed by atoms with van der Waals surface area (Å²) >= 11 is 0. The summed E-state index contributed by atoms with van der Waals surface area (Å²) in [7, 11) is -3.55. The Morgan fingerprint density at radius 3 is 2.41 bits per heavy atom. The van der Waals surface area contributed by atoms with Crippen LogP contribution in [0, 0.1) is 5.92 Å². The average molecular weight is 457 g/mol. The number of hydrogen-bond donors (Lipinski definition) is 1. The van der Waals surface area contributed by atoms with Crippen molar-refractivity contribution in [1.82, 2.24) is 4.31 Å². The Morgan fingerprint density at radius 1 is 1.03 bits per heavy atom. The van der Waals surface area contributed by atoms with Gasteiger partial charge in [-0.2, -0.15) is 4.31 Å². The highest BCUT2D eigenvalue weighted by molar-refractivity contribution is 7.89. The molecule has 8 heteroatoms. The van der Waals surface area contributed by atoms with E-state index in [1.54, 1.807) is 37.3 Å². The Bertz CT molecular complexity index is 1100. The fourth-order valence-corrected chi connectivity index (χ4v) is 5.89. The zero-order valence-corrected chi connectivity index (χ0v) is 19.0. The number of aryl methyl sites for hydroxylation is 2. The molecule has 0 bridgehead atoms. The maximum absolute atomic E-state index is 13.1.